The zero-order chi connectivity index (χ0) is 12.3. The average Bonchev–Trinajstić information content (AvgIpc) is 2.78. The molecule has 7 nitrogen and oxygen atoms in total. The first-order chi connectivity index (χ1) is 8.18. The van der Waals surface area contributed by atoms with Crippen LogP contribution in [0.5, 0.6) is 0 Å². The highest BCUT2D eigenvalue weighted by atomic mass is 16.6. The van der Waals surface area contributed by atoms with Crippen molar-refractivity contribution in [2.45, 2.75) is 12.5 Å². The van der Waals surface area contributed by atoms with Crippen LogP contribution in [0.15, 0.2) is 29.2 Å². The van der Waals surface area contributed by atoms with Gasteiger partial charge in [0.05, 0.1) is 0 Å². The van der Waals surface area contributed by atoms with Crippen molar-refractivity contribution in [2.24, 2.45) is 5.73 Å². The molecule has 2 aromatic rings. The summed E-state index contributed by atoms with van der Waals surface area (Å²) >= 11 is 0. The molecular formula is C10H10N4O3. The van der Waals surface area contributed by atoms with Crippen LogP contribution in [0.4, 0.5) is 0 Å². The summed E-state index contributed by atoms with van der Waals surface area (Å²) in [7, 11) is 0. The molecule has 0 saturated heterocycles. The Morgan fingerprint density at radius 1 is 1.41 bits per heavy atom. The van der Waals surface area contributed by atoms with E-state index in [4.69, 9.17) is 10.8 Å². The Bertz CT molecular complexity index is 511. The third kappa shape index (κ3) is 2.45. The van der Waals surface area contributed by atoms with Crippen molar-refractivity contribution in [3.63, 3.8) is 0 Å². The lowest BCUT2D eigenvalue weighted by molar-refractivity contribution is -0.138. The van der Waals surface area contributed by atoms with Crippen molar-refractivity contribution >= 4 is 5.97 Å². The molecule has 0 saturated carbocycles. The molecule has 0 aromatic carbocycles. The predicted molar refractivity (Wildman–Crippen MR) is 56.8 cm³/mol. The molecule has 0 aliphatic heterocycles. The number of hydrogen-bond donors (Lipinski definition) is 2. The molecule has 88 valence electrons. The molecule has 7 heteroatoms. The number of nitrogens with two attached hydrogens (primary N) is 1. The fourth-order valence-corrected chi connectivity index (χ4v) is 1.37. The van der Waals surface area contributed by atoms with E-state index in [1.165, 1.54) is 0 Å². The van der Waals surface area contributed by atoms with E-state index in [1.54, 1.807) is 24.5 Å². The molecular weight excluding hydrogens is 224 g/mol. The second-order valence-electron chi connectivity index (χ2n) is 3.44. The highest BCUT2D eigenvalue weighted by Crippen LogP contribution is 2.20. The third-order valence-electron chi connectivity index (χ3n) is 2.24. The fraction of sp³-hybridized carbons (Fsp3) is 0.200. The number of carboxylic acids is 1. The third-order valence-corrected chi connectivity index (χ3v) is 2.24. The lowest BCUT2D eigenvalue weighted by Gasteiger charge is -2.03. The summed E-state index contributed by atoms with van der Waals surface area (Å²) < 4.78 is 4.61. The molecule has 0 amide bonds. The second-order valence-corrected chi connectivity index (χ2v) is 3.44. The van der Waals surface area contributed by atoms with Gasteiger partial charge < -0.3 is 10.8 Å². The van der Waals surface area contributed by atoms with Gasteiger partial charge in [0.25, 0.3) is 0 Å². The molecule has 1 unspecified atom stereocenters. The van der Waals surface area contributed by atoms with Crippen molar-refractivity contribution in [3.8, 4) is 11.3 Å². The van der Waals surface area contributed by atoms with Crippen molar-refractivity contribution in [2.75, 3.05) is 0 Å². The molecule has 0 fully saturated rings. The number of aliphatic carboxylic acids is 1. The molecule has 17 heavy (non-hydrogen) atoms. The van der Waals surface area contributed by atoms with Crippen LogP contribution >= 0.6 is 0 Å². The molecule has 0 bridgehead atoms. The predicted octanol–water partition coefficient (Wildman–Crippen LogP) is 0.0860. The van der Waals surface area contributed by atoms with Crippen molar-refractivity contribution in [3.05, 3.63) is 30.2 Å². The Morgan fingerprint density at radius 3 is 2.76 bits per heavy atom. The van der Waals surface area contributed by atoms with E-state index in [2.05, 4.69) is 19.9 Å². The number of pyridine rings is 1. The van der Waals surface area contributed by atoms with Crippen LogP contribution in [0.25, 0.3) is 11.3 Å². The van der Waals surface area contributed by atoms with Gasteiger partial charge >= 0.3 is 5.97 Å². The Morgan fingerprint density at radius 2 is 2.12 bits per heavy atom. The van der Waals surface area contributed by atoms with Gasteiger partial charge in [0.15, 0.2) is 0 Å². The summed E-state index contributed by atoms with van der Waals surface area (Å²) in [6.07, 6.45) is 3.27. The van der Waals surface area contributed by atoms with E-state index in [9.17, 15) is 4.79 Å². The number of nitrogens with zero attached hydrogens (tertiary/aromatic N) is 3. The van der Waals surface area contributed by atoms with E-state index in [1.807, 2.05) is 0 Å². The molecule has 0 aliphatic carbocycles. The number of carboxylic acid groups (broad SMARTS) is 1. The van der Waals surface area contributed by atoms with Crippen LogP contribution in [0.3, 0.4) is 0 Å². The molecule has 0 spiro atoms. The fourth-order valence-electron chi connectivity index (χ4n) is 1.37. The first-order valence-electron chi connectivity index (χ1n) is 4.88. The smallest absolute Gasteiger partial charge is 0.320 e. The molecule has 2 rings (SSSR count). The number of aromatic nitrogens is 3. The summed E-state index contributed by atoms with van der Waals surface area (Å²) in [4.78, 5) is 14.5. The molecule has 0 radical (unpaired) electrons. The average molecular weight is 234 g/mol. The van der Waals surface area contributed by atoms with Gasteiger partial charge in [-0.25, -0.2) is 4.63 Å². The van der Waals surface area contributed by atoms with E-state index in [0.29, 0.717) is 11.4 Å². The normalized spacial score (nSPS) is 12.3. The van der Waals surface area contributed by atoms with Crippen molar-refractivity contribution < 1.29 is 14.5 Å². The highest BCUT2D eigenvalue weighted by molar-refractivity contribution is 5.74. The minimum Gasteiger partial charge on any atom is -0.480 e. The van der Waals surface area contributed by atoms with Gasteiger partial charge in [-0.15, -0.1) is 0 Å². The van der Waals surface area contributed by atoms with Crippen molar-refractivity contribution in [1.29, 1.82) is 0 Å². The maximum Gasteiger partial charge on any atom is 0.320 e. The Kier molecular flexibility index (Phi) is 3.10. The maximum atomic E-state index is 10.7. The van der Waals surface area contributed by atoms with Crippen molar-refractivity contribution in [1.82, 2.24) is 15.3 Å². The van der Waals surface area contributed by atoms with Gasteiger partial charge in [0.2, 0.25) is 0 Å². The van der Waals surface area contributed by atoms with Crippen LogP contribution in [0.1, 0.15) is 5.69 Å². The zero-order valence-corrected chi connectivity index (χ0v) is 8.78. The van der Waals surface area contributed by atoms with Crippen LogP contribution in [-0.2, 0) is 11.2 Å². The second kappa shape index (κ2) is 4.71. The Hall–Kier alpha value is -2.28. The van der Waals surface area contributed by atoms with E-state index in [0.717, 1.165) is 5.56 Å². The summed E-state index contributed by atoms with van der Waals surface area (Å²) in [6.45, 7) is 0. The Balaban J connectivity index is 2.26. The molecule has 3 N–H and O–H groups in total. The topological polar surface area (TPSA) is 115 Å². The van der Waals surface area contributed by atoms with Crippen LogP contribution < -0.4 is 5.73 Å². The van der Waals surface area contributed by atoms with Gasteiger partial charge in [-0.2, -0.15) is 0 Å². The van der Waals surface area contributed by atoms with Crippen LogP contribution in [-0.4, -0.2) is 32.4 Å². The van der Waals surface area contributed by atoms with E-state index < -0.39 is 12.0 Å². The van der Waals surface area contributed by atoms with Gasteiger partial charge in [-0.05, 0) is 17.3 Å². The minimum absolute atomic E-state index is 0.0660. The molecule has 1 atom stereocenters. The van der Waals surface area contributed by atoms with Gasteiger partial charge in [0.1, 0.15) is 17.4 Å². The number of hydrogen-bond acceptors (Lipinski definition) is 6. The Labute approximate surface area is 96.2 Å². The van der Waals surface area contributed by atoms with Gasteiger partial charge in [-0.1, -0.05) is 5.16 Å². The maximum absolute atomic E-state index is 10.7. The summed E-state index contributed by atoms with van der Waals surface area (Å²) in [6, 6.07) is 2.44. The minimum atomic E-state index is -1.09. The molecule has 2 aromatic heterocycles. The summed E-state index contributed by atoms with van der Waals surface area (Å²) in [5, 5.41) is 16.1. The monoisotopic (exact) mass is 234 g/mol. The molecule has 2 heterocycles. The molecule has 0 aliphatic rings. The number of rotatable bonds is 4. The SMILES string of the molecule is NC(Cc1nonc1-c1ccncc1)C(=O)O. The first-order valence-corrected chi connectivity index (χ1v) is 4.88. The standard InChI is InChI=1S/C10H10N4O3/c11-7(10(15)16)5-8-9(14-17-13-8)6-1-3-12-4-2-6/h1-4,7H,5,11H2,(H,15,16). The number of carbonyl (C=O) groups is 1. The van der Waals surface area contributed by atoms with Gasteiger partial charge in [0, 0.05) is 24.4 Å². The summed E-state index contributed by atoms with van der Waals surface area (Å²) in [5.74, 6) is -1.09. The lowest BCUT2D eigenvalue weighted by Crippen LogP contribution is -2.32. The highest BCUT2D eigenvalue weighted by Gasteiger charge is 2.19. The van der Waals surface area contributed by atoms with E-state index >= 15 is 0 Å². The van der Waals surface area contributed by atoms with Gasteiger partial charge in [-0.3, -0.25) is 9.78 Å². The first kappa shape index (κ1) is 11.2. The summed E-state index contributed by atoms with van der Waals surface area (Å²) in [5.41, 5.74) is 7.10. The van der Waals surface area contributed by atoms with Crippen LogP contribution in [0.2, 0.25) is 0 Å². The van der Waals surface area contributed by atoms with Crippen LogP contribution in [0, 0.1) is 0 Å². The largest absolute Gasteiger partial charge is 0.480 e. The quantitative estimate of drug-likeness (QED) is 0.769. The zero-order valence-electron chi connectivity index (χ0n) is 8.78. The lowest BCUT2D eigenvalue weighted by atomic mass is 10.1. The van der Waals surface area contributed by atoms with E-state index in [-0.39, 0.29) is 6.42 Å².